The highest BCUT2D eigenvalue weighted by Gasteiger charge is 2.41. The van der Waals surface area contributed by atoms with Gasteiger partial charge in [-0.3, -0.25) is 0 Å². The van der Waals surface area contributed by atoms with Gasteiger partial charge in [-0.1, -0.05) is 36.4 Å². The average Bonchev–Trinajstić information content (AvgIpc) is 2.05. The van der Waals surface area contributed by atoms with E-state index in [4.69, 9.17) is 32.7 Å². The monoisotopic (exact) mass is 208 g/mol. The van der Waals surface area contributed by atoms with Crippen LogP contribution in [0.15, 0.2) is 25.3 Å². The van der Waals surface area contributed by atoms with Crippen LogP contribution in [0.4, 0.5) is 0 Å². The summed E-state index contributed by atoms with van der Waals surface area (Å²) in [5.74, 6) is 0. The fourth-order valence-corrected chi connectivity index (χ4v) is 1.33. The first-order chi connectivity index (χ1) is 5.54. The summed E-state index contributed by atoms with van der Waals surface area (Å²) in [7, 11) is 0. The highest BCUT2D eigenvalue weighted by Crippen LogP contribution is 2.37. The zero-order valence-corrected chi connectivity index (χ0v) is 8.07. The van der Waals surface area contributed by atoms with Crippen molar-refractivity contribution in [2.75, 3.05) is 6.61 Å². The molecule has 0 spiro atoms. The van der Waals surface area contributed by atoms with Crippen LogP contribution < -0.4 is 0 Å². The van der Waals surface area contributed by atoms with Crippen molar-refractivity contribution >= 4 is 23.2 Å². The van der Waals surface area contributed by atoms with Gasteiger partial charge in [0, 0.05) is 6.42 Å². The van der Waals surface area contributed by atoms with Crippen LogP contribution in [0.25, 0.3) is 0 Å². The molecule has 0 radical (unpaired) electrons. The molecule has 12 heavy (non-hydrogen) atoms. The van der Waals surface area contributed by atoms with Gasteiger partial charge in [0.1, 0.15) is 0 Å². The SMILES string of the molecule is C=CC1(Cl)CCOC(Cl)(C=C)O1. The molecule has 1 aliphatic rings. The van der Waals surface area contributed by atoms with Gasteiger partial charge in [0.15, 0.2) is 5.06 Å². The van der Waals surface area contributed by atoms with E-state index in [1.807, 2.05) is 0 Å². The lowest BCUT2D eigenvalue weighted by atomic mass is 10.2. The van der Waals surface area contributed by atoms with Crippen molar-refractivity contribution in [2.24, 2.45) is 0 Å². The molecule has 2 unspecified atom stereocenters. The van der Waals surface area contributed by atoms with Gasteiger partial charge in [0.25, 0.3) is 5.25 Å². The van der Waals surface area contributed by atoms with Crippen LogP contribution in [-0.2, 0) is 9.47 Å². The van der Waals surface area contributed by atoms with Crippen LogP contribution in [-0.4, -0.2) is 16.9 Å². The first-order valence-electron chi connectivity index (χ1n) is 3.53. The van der Waals surface area contributed by atoms with E-state index in [1.54, 1.807) is 0 Å². The molecule has 1 aliphatic heterocycles. The Balaban J connectivity index is 2.75. The van der Waals surface area contributed by atoms with Crippen LogP contribution >= 0.6 is 23.2 Å². The third kappa shape index (κ3) is 2.02. The molecule has 1 fully saturated rings. The van der Waals surface area contributed by atoms with Gasteiger partial charge in [-0.05, 0) is 12.2 Å². The molecule has 68 valence electrons. The normalized spacial score (nSPS) is 42.2. The van der Waals surface area contributed by atoms with Crippen molar-refractivity contribution in [1.82, 2.24) is 0 Å². The summed E-state index contributed by atoms with van der Waals surface area (Å²) in [5.41, 5.74) is 0. The van der Waals surface area contributed by atoms with Crippen LogP contribution in [0, 0.1) is 0 Å². The lowest BCUT2D eigenvalue weighted by molar-refractivity contribution is -0.217. The molecule has 0 aromatic heterocycles. The van der Waals surface area contributed by atoms with Crippen LogP contribution in [0.5, 0.6) is 0 Å². The van der Waals surface area contributed by atoms with Gasteiger partial charge in [-0.15, -0.1) is 0 Å². The molecule has 0 N–H and O–H groups in total. The summed E-state index contributed by atoms with van der Waals surface area (Å²) in [5, 5.41) is -2.25. The summed E-state index contributed by atoms with van der Waals surface area (Å²) in [6.07, 6.45) is 3.38. The number of alkyl halides is 2. The van der Waals surface area contributed by atoms with E-state index in [-0.39, 0.29) is 0 Å². The number of hydrogen-bond donors (Lipinski definition) is 0. The van der Waals surface area contributed by atoms with E-state index in [2.05, 4.69) is 13.2 Å². The molecular weight excluding hydrogens is 199 g/mol. The van der Waals surface area contributed by atoms with Crippen molar-refractivity contribution in [3.8, 4) is 0 Å². The number of rotatable bonds is 2. The summed E-state index contributed by atoms with van der Waals surface area (Å²) in [4.78, 5) is 0. The minimum Gasteiger partial charge on any atom is -0.334 e. The summed E-state index contributed by atoms with van der Waals surface area (Å²) in [6.45, 7) is 7.45. The Labute approximate surface area is 81.7 Å². The average molecular weight is 209 g/mol. The van der Waals surface area contributed by atoms with Gasteiger partial charge in [0.2, 0.25) is 0 Å². The minimum absolute atomic E-state index is 0.422. The Kier molecular flexibility index (Phi) is 2.84. The first kappa shape index (κ1) is 10.1. The van der Waals surface area contributed by atoms with Gasteiger partial charge in [-0.25, -0.2) is 0 Å². The molecule has 0 aromatic rings. The van der Waals surface area contributed by atoms with Gasteiger partial charge in [-0.2, -0.15) is 0 Å². The third-order valence-electron chi connectivity index (χ3n) is 1.60. The van der Waals surface area contributed by atoms with Gasteiger partial charge in [0.05, 0.1) is 6.61 Å². The standard InChI is InChI=1S/C8H10Cl2O2/c1-3-7(9)5-6-11-8(10,4-2)12-7/h3-4H,1-2,5-6H2. The third-order valence-corrected chi connectivity index (χ3v) is 2.36. The molecule has 1 saturated heterocycles. The van der Waals surface area contributed by atoms with E-state index in [9.17, 15) is 0 Å². The maximum atomic E-state index is 5.97. The highest BCUT2D eigenvalue weighted by atomic mass is 35.5. The Hall–Kier alpha value is -0.0200. The van der Waals surface area contributed by atoms with E-state index in [0.717, 1.165) is 0 Å². The number of hydrogen-bond acceptors (Lipinski definition) is 2. The Morgan fingerprint density at radius 3 is 2.42 bits per heavy atom. The smallest absolute Gasteiger partial charge is 0.270 e. The predicted molar refractivity (Wildman–Crippen MR) is 49.2 cm³/mol. The lowest BCUT2D eigenvalue weighted by Crippen LogP contribution is -2.43. The Morgan fingerprint density at radius 2 is 1.92 bits per heavy atom. The number of ether oxygens (including phenoxy) is 2. The summed E-state index contributed by atoms with van der Waals surface area (Å²) < 4.78 is 10.3. The highest BCUT2D eigenvalue weighted by molar-refractivity contribution is 6.26. The maximum Gasteiger partial charge on any atom is 0.270 e. The van der Waals surface area contributed by atoms with Gasteiger partial charge >= 0.3 is 0 Å². The second-order valence-electron chi connectivity index (χ2n) is 2.48. The summed E-state index contributed by atoms with van der Waals surface area (Å²) in [6, 6.07) is 0. The molecule has 0 amide bonds. The lowest BCUT2D eigenvalue weighted by Gasteiger charge is -2.37. The van der Waals surface area contributed by atoms with Crippen LogP contribution in [0.1, 0.15) is 6.42 Å². The summed E-state index contributed by atoms with van der Waals surface area (Å²) >= 11 is 11.8. The second kappa shape index (κ2) is 3.38. The fourth-order valence-electron chi connectivity index (χ4n) is 0.886. The zero-order chi connectivity index (χ0) is 9.24. The molecule has 1 rings (SSSR count). The molecule has 2 nitrogen and oxygen atoms in total. The second-order valence-corrected chi connectivity index (χ2v) is 3.64. The molecule has 0 bridgehead atoms. The minimum atomic E-state index is -1.31. The molecule has 2 atom stereocenters. The maximum absolute atomic E-state index is 5.97. The van der Waals surface area contributed by atoms with Crippen molar-refractivity contribution in [3.63, 3.8) is 0 Å². The van der Waals surface area contributed by atoms with Crippen molar-refractivity contribution in [2.45, 2.75) is 16.7 Å². The number of halogens is 2. The van der Waals surface area contributed by atoms with E-state index < -0.39 is 10.3 Å². The van der Waals surface area contributed by atoms with Gasteiger partial charge < -0.3 is 9.47 Å². The molecular formula is C8H10Cl2O2. The van der Waals surface area contributed by atoms with Crippen molar-refractivity contribution in [1.29, 1.82) is 0 Å². The predicted octanol–water partition coefficient (Wildman–Crippen LogP) is 2.62. The zero-order valence-electron chi connectivity index (χ0n) is 6.56. The molecule has 4 heteroatoms. The first-order valence-corrected chi connectivity index (χ1v) is 4.28. The van der Waals surface area contributed by atoms with Crippen molar-refractivity contribution in [3.05, 3.63) is 25.3 Å². The quantitative estimate of drug-likeness (QED) is 0.514. The van der Waals surface area contributed by atoms with Crippen LogP contribution in [0.3, 0.4) is 0 Å². The fraction of sp³-hybridized carbons (Fsp3) is 0.500. The molecule has 0 saturated carbocycles. The molecule has 0 aliphatic carbocycles. The Morgan fingerprint density at radius 1 is 1.25 bits per heavy atom. The van der Waals surface area contributed by atoms with E-state index in [1.165, 1.54) is 12.2 Å². The molecule has 1 heterocycles. The van der Waals surface area contributed by atoms with Crippen molar-refractivity contribution < 1.29 is 9.47 Å². The van der Waals surface area contributed by atoms with E-state index >= 15 is 0 Å². The largest absolute Gasteiger partial charge is 0.334 e. The van der Waals surface area contributed by atoms with Crippen LogP contribution in [0.2, 0.25) is 0 Å². The topological polar surface area (TPSA) is 18.5 Å². The molecule has 0 aromatic carbocycles. The van der Waals surface area contributed by atoms with E-state index in [0.29, 0.717) is 13.0 Å². The Bertz CT molecular complexity index is 187.